The Bertz CT molecular complexity index is 695. The SMILES string of the molecule is CC1(C(=O)O)CCN(S(=O)(=O)c2cncc(C#N)c2)C1. The molecular formula is C12H13N3O4S. The molecule has 0 saturated carbocycles. The zero-order valence-corrected chi connectivity index (χ0v) is 11.6. The lowest BCUT2D eigenvalue weighted by molar-refractivity contribution is -0.146. The van der Waals surface area contributed by atoms with Crippen LogP contribution in [0.1, 0.15) is 18.9 Å². The van der Waals surface area contributed by atoms with Crippen LogP contribution in [0.2, 0.25) is 0 Å². The van der Waals surface area contributed by atoms with Crippen LogP contribution in [0, 0.1) is 16.7 Å². The number of sulfonamides is 1. The molecule has 1 aromatic heterocycles. The van der Waals surface area contributed by atoms with Gasteiger partial charge in [-0.1, -0.05) is 0 Å². The van der Waals surface area contributed by atoms with E-state index in [1.54, 1.807) is 0 Å². The average molecular weight is 295 g/mol. The third-order valence-electron chi connectivity index (χ3n) is 3.43. The summed E-state index contributed by atoms with van der Waals surface area (Å²) >= 11 is 0. The average Bonchev–Trinajstić information content (AvgIpc) is 2.84. The Balaban J connectivity index is 2.33. The second-order valence-electron chi connectivity index (χ2n) is 4.98. The highest BCUT2D eigenvalue weighted by atomic mass is 32.2. The van der Waals surface area contributed by atoms with Crippen molar-refractivity contribution in [3.63, 3.8) is 0 Å². The topological polar surface area (TPSA) is 111 Å². The number of aliphatic carboxylic acids is 1. The van der Waals surface area contributed by atoms with Crippen molar-refractivity contribution in [1.82, 2.24) is 9.29 Å². The van der Waals surface area contributed by atoms with E-state index in [4.69, 9.17) is 10.4 Å². The van der Waals surface area contributed by atoms with Gasteiger partial charge in [-0.25, -0.2) is 8.42 Å². The first kappa shape index (κ1) is 14.4. The van der Waals surface area contributed by atoms with Crippen molar-refractivity contribution in [1.29, 1.82) is 5.26 Å². The van der Waals surface area contributed by atoms with Crippen molar-refractivity contribution in [2.45, 2.75) is 18.2 Å². The first-order valence-electron chi connectivity index (χ1n) is 5.88. The molecule has 0 aromatic carbocycles. The van der Waals surface area contributed by atoms with Gasteiger partial charge in [0, 0.05) is 25.5 Å². The third-order valence-corrected chi connectivity index (χ3v) is 5.25. The summed E-state index contributed by atoms with van der Waals surface area (Å²) in [5.41, 5.74) is -0.931. The van der Waals surface area contributed by atoms with Crippen LogP contribution in [-0.2, 0) is 14.8 Å². The Labute approximate surface area is 116 Å². The molecule has 1 aliphatic heterocycles. The number of carboxylic acid groups (broad SMARTS) is 1. The number of pyridine rings is 1. The summed E-state index contributed by atoms with van der Waals surface area (Å²) < 4.78 is 25.9. The molecule has 7 nitrogen and oxygen atoms in total. The van der Waals surface area contributed by atoms with Crippen molar-refractivity contribution in [3.05, 3.63) is 24.0 Å². The molecule has 0 amide bonds. The summed E-state index contributed by atoms with van der Waals surface area (Å²) in [6.07, 6.45) is 2.68. The van der Waals surface area contributed by atoms with E-state index < -0.39 is 21.4 Å². The molecule has 106 valence electrons. The minimum Gasteiger partial charge on any atom is -0.481 e. The van der Waals surface area contributed by atoms with Crippen molar-refractivity contribution in [2.24, 2.45) is 5.41 Å². The standard InChI is InChI=1S/C12H13N3O4S/c1-12(11(16)17)2-3-15(8-12)20(18,19)10-4-9(5-13)6-14-7-10/h4,6-7H,2-3,8H2,1H3,(H,16,17). The highest BCUT2D eigenvalue weighted by molar-refractivity contribution is 7.89. The lowest BCUT2D eigenvalue weighted by Gasteiger charge is -2.19. The first-order valence-corrected chi connectivity index (χ1v) is 7.32. The predicted octanol–water partition coefficient (Wildman–Crippen LogP) is 0.439. The lowest BCUT2D eigenvalue weighted by atomic mass is 9.90. The molecule has 20 heavy (non-hydrogen) atoms. The fraction of sp³-hybridized carbons (Fsp3) is 0.417. The molecule has 2 rings (SSSR count). The summed E-state index contributed by atoms with van der Waals surface area (Å²) in [7, 11) is -3.82. The molecule has 1 N–H and O–H groups in total. The molecule has 1 saturated heterocycles. The van der Waals surface area contributed by atoms with E-state index in [0.29, 0.717) is 0 Å². The summed E-state index contributed by atoms with van der Waals surface area (Å²) in [6, 6.07) is 3.06. The smallest absolute Gasteiger partial charge is 0.310 e. The largest absolute Gasteiger partial charge is 0.481 e. The fourth-order valence-electron chi connectivity index (χ4n) is 2.07. The zero-order valence-electron chi connectivity index (χ0n) is 10.8. The molecule has 1 unspecified atom stereocenters. The molecular weight excluding hydrogens is 282 g/mol. The normalized spacial score (nSPS) is 23.4. The number of carboxylic acids is 1. The third kappa shape index (κ3) is 2.37. The summed E-state index contributed by atoms with van der Waals surface area (Å²) in [5, 5.41) is 17.9. The van der Waals surface area contributed by atoms with E-state index in [9.17, 15) is 13.2 Å². The van der Waals surface area contributed by atoms with Gasteiger partial charge in [0.2, 0.25) is 10.0 Å². The maximum Gasteiger partial charge on any atom is 0.310 e. The van der Waals surface area contributed by atoms with Crippen LogP contribution >= 0.6 is 0 Å². The van der Waals surface area contributed by atoms with E-state index in [-0.39, 0.29) is 30.0 Å². The van der Waals surface area contributed by atoms with Crippen molar-refractivity contribution < 1.29 is 18.3 Å². The van der Waals surface area contributed by atoms with Crippen LogP contribution in [-0.4, -0.2) is 41.9 Å². The van der Waals surface area contributed by atoms with Gasteiger partial charge < -0.3 is 5.11 Å². The van der Waals surface area contributed by atoms with Gasteiger partial charge in [0.25, 0.3) is 0 Å². The molecule has 8 heteroatoms. The van der Waals surface area contributed by atoms with Gasteiger partial charge in [-0.15, -0.1) is 0 Å². The number of hydrogen-bond donors (Lipinski definition) is 1. The zero-order chi connectivity index (χ0) is 15.0. The number of rotatable bonds is 3. The second kappa shape index (κ2) is 4.85. The van der Waals surface area contributed by atoms with Crippen LogP contribution in [0.15, 0.2) is 23.4 Å². The highest BCUT2D eigenvalue weighted by Gasteiger charge is 2.44. The first-order chi connectivity index (χ1) is 9.29. The van der Waals surface area contributed by atoms with Gasteiger partial charge in [0.15, 0.2) is 0 Å². The summed E-state index contributed by atoms with van der Waals surface area (Å²) in [6.45, 7) is 1.58. The summed E-state index contributed by atoms with van der Waals surface area (Å²) in [5.74, 6) is -1.01. The van der Waals surface area contributed by atoms with Crippen molar-refractivity contribution >= 4 is 16.0 Å². The van der Waals surface area contributed by atoms with Gasteiger partial charge in [0.1, 0.15) is 11.0 Å². The Morgan fingerprint density at radius 1 is 1.55 bits per heavy atom. The monoisotopic (exact) mass is 295 g/mol. The molecule has 1 aromatic rings. The van der Waals surface area contributed by atoms with Crippen LogP contribution in [0.3, 0.4) is 0 Å². The fourth-order valence-corrected chi connectivity index (χ4v) is 3.62. The Morgan fingerprint density at radius 2 is 2.25 bits per heavy atom. The molecule has 0 radical (unpaired) electrons. The number of aromatic nitrogens is 1. The van der Waals surface area contributed by atoms with E-state index in [2.05, 4.69) is 4.98 Å². The van der Waals surface area contributed by atoms with Gasteiger partial charge in [-0.2, -0.15) is 9.57 Å². The minimum atomic E-state index is -3.82. The Kier molecular flexibility index (Phi) is 3.50. The quantitative estimate of drug-likeness (QED) is 0.866. The molecule has 2 heterocycles. The van der Waals surface area contributed by atoms with Gasteiger partial charge in [-0.05, 0) is 19.4 Å². The van der Waals surface area contributed by atoms with E-state index in [1.807, 2.05) is 6.07 Å². The second-order valence-corrected chi connectivity index (χ2v) is 6.91. The molecule has 0 aliphatic carbocycles. The molecule has 1 fully saturated rings. The van der Waals surface area contributed by atoms with E-state index in [0.717, 1.165) is 10.5 Å². The lowest BCUT2D eigenvalue weighted by Crippen LogP contribution is -2.34. The molecule has 1 aliphatic rings. The van der Waals surface area contributed by atoms with E-state index >= 15 is 0 Å². The molecule has 1 atom stereocenters. The van der Waals surface area contributed by atoms with Gasteiger partial charge >= 0.3 is 5.97 Å². The Hall–Kier alpha value is -1.98. The number of carbonyl (C=O) groups is 1. The maximum absolute atomic E-state index is 12.4. The van der Waals surface area contributed by atoms with Gasteiger partial charge in [-0.3, -0.25) is 9.78 Å². The number of nitriles is 1. The molecule has 0 spiro atoms. The number of hydrogen-bond acceptors (Lipinski definition) is 5. The van der Waals surface area contributed by atoms with Crippen LogP contribution in [0.4, 0.5) is 0 Å². The van der Waals surface area contributed by atoms with Crippen LogP contribution in [0.5, 0.6) is 0 Å². The van der Waals surface area contributed by atoms with Crippen molar-refractivity contribution in [3.8, 4) is 6.07 Å². The molecule has 0 bridgehead atoms. The maximum atomic E-state index is 12.4. The van der Waals surface area contributed by atoms with Crippen LogP contribution in [0.25, 0.3) is 0 Å². The van der Waals surface area contributed by atoms with Crippen molar-refractivity contribution in [2.75, 3.05) is 13.1 Å². The Morgan fingerprint density at radius 3 is 2.80 bits per heavy atom. The minimum absolute atomic E-state index is 0.0819. The van der Waals surface area contributed by atoms with E-state index in [1.165, 1.54) is 19.2 Å². The summed E-state index contributed by atoms with van der Waals surface area (Å²) in [4.78, 5) is 14.8. The predicted molar refractivity (Wildman–Crippen MR) is 68.1 cm³/mol. The number of nitrogens with zero attached hydrogens (tertiary/aromatic N) is 3. The highest BCUT2D eigenvalue weighted by Crippen LogP contribution is 2.33. The van der Waals surface area contributed by atoms with Gasteiger partial charge in [0.05, 0.1) is 11.0 Å². The van der Waals surface area contributed by atoms with Crippen LogP contribution < -0.4 is 0 Å².